The maximum Gasteiger partial charge on any atom is 0.410 e. The van der Waals surface area contributed by atoms with Crippen molar-refractivity contribution in [2.45, 2.75) is 66.3 Å². The van der Waals surface area contributed by atoms with Gasteiger partial charge in [0.25, 0.3) is 5.91 Å². The first-order valence-electron chi connectivity index (χ1n) is 15.4. The number of aryl methyl sites for hydroxylation is 1. The van der Waals surface area contributed by atoms with Crippen LogP contribution in [0.4, 0.5) is 10.5 Å². The van der Waals surface area contributed by atoms with Crippen LogP contribution in [0.25, 0.3) is 11.3 Å². The number of benzene rings is 2. The Morgan fingerprint density at radius 1 is 0.978 bits per heavy atom. The van der Waals surface area contributed by atoms with Crippen molar-refractivity contribution >= 4 is 23.6 Å². The summed E-state index contributed by atoms with van der Waals surface area (Å²) in [4.78, 5) is 47.7. The summed E-state index contributed by atoms with van der Waals surface area (Å²) in [5.74, 6) is -0.385. The lowest BCUT2D eigenvalue weighted by Gasteiger charge is -2.32. The summed E-state index contributed by atoms with van der Waals surface area (Å²) in [5, 5.41) is 6.61. The molecule has 1 N–H and O–H groups in total. The van der Waals surface area contributed by atoms with Crippen molar-refractivity contribution in [3.63, 3.8) is 0 Å². The second-order valence-electron chi connectivity index (χ2n) is 12.7. The van der Waals surface area contributed by atoms with Crippen LogP contribution in [-0.4, -0.2) is 82.7 Å². The molecule has 2 heterocycles. The van der Waals surface area contributed by atoms with E-state index in [0.29, 0.717) is 19.6 Å². The standard InChI is InChI=1S/C35H46N6O4/c1-25(2)41(34(44)45-35(4,5)6)19-18-37-32(42)23-39(31-20-27(16-15-26(31)3)30-14-10-11-17-36-30)24-33(43)38(7)40-21-28-12-8-9-13-29(28)22-40/h8-17,20,25H,18-19,21-24H2,1-7H3,(H,37,42). The average Bonchev–Trinajstić information content (AvgIpc) is 3.42. The average molecular weight is 615 g/mol. The maximum atomic E-state index is 13.7. The largest absolute Gasteiger partial charge is 0.444 e. The fourth-order valence-electron chi connectivity index (χ4n) is 5.25. The van der Waals surface area contributed by atoms with Crippen LogP contribution in [0.2, 0.25) is 0 Å². The molecule has 0 bridgehead atoms. The number of aromatic nitrogens is 1. The molecule has 0 radical (unpaired) electrons. The summed E-state index contributed by atoms with van der Waals surface area (Å²) in [6, 6.07) is 19.8. The van der Waals surface area contributed by atoms with Crippen molar-refractivity contribution in [1.29, 1.82) is 0 Å². The first kappa shape index (κ1) is 33.5. The molecule has 1 aliphatic rings. The highest BCUT2D eigenvalue weighted by Gasteiger charge is 2.28. The zero-order valence-electron chi connectivity index (χ0n) is 27.5. The van der Waals surface area contributed by atoms with Crippen molar-refractivity contribution in [1.82, 2.24) is 25.2 Å². The quantitative estimate of drug-likeness (QED) is 0.324. The fraction of sp³-hybridized carbons (Fsp3) is 0.429. The number of carbonyl (C=O) groups is 3. The van der Waals surface area contributed by atoms with Crippen LogP contribution in [0.1, 0.15) is 51.3 Å². The number of anilines is 1. The van der Waals surface area contributed by atoms with Crippen LogP contribution in [0.15, 0.2) is 66.9 Å². The van der Waals surface area contributed by atoms with Gasteiger partial charge in [0, 0.05) is 56.7 Å². The molecule has 0 fully saturated rings. The van der Waals surface area contributed by atoms with Gasteiger partial charge < -0.3 is 19.9 Å². The molecule has 10 heteroatoms. The minimum atomic E-state index is -0.618. The molecule has 3 aromatic rings. The monoisotopic (exact) mass is 614 g/mol. The SMILES string of the molecule is Cc1ccc(-c2ccccn2)cc1N(CC(=O)NCCN(C(=O)OC(C)(C)C)C(C)C)CC(=O)N(C)N1Cc2ccccc2C1. The highest BCUT2D eigenvalue weighted by Crippen LogP contribution is 2.28. The van der Waals surface area contributed by atoms with Crippen LogP contribution in [0.3, 0.4) is 0 Å². The molecular weight excluding hydrogens is 568 g/mol. The van der Waals surface area contributed by atoms with Crippen LogP contribution in [-0.2, 0) is 27.4 Å². The molecule has 4 rings (SSSR count). The zero-order valence-corrected chi connectivity index (χ0v) is 27.5. The molecule has 3 amide bonds. The normalized spacial score (nSPS) is 12.9. The van der Waals surface area contributed by atoms with Gasteiger partial charge in [-0.3, -0.25) is 19.6 Å². The van der Waals surface area contributed by atoms with Gasteiger partial charge in [-0.15, -0.1) is 0 Å². The molecule has 45 heavy (non-hydrogen) atoms. The number of nitrogens with one attached hydrogen (secondary N) is 1. The third kappa shape index (κ3) is 9.04. The second kappa shape index (κ2) is 14.6. The smallest absolute Gasteiger partial charge is 0.410 e. The van der Waals surface area contributed by atoms with Gasteiger partial charge in [-0.25, -0.2) is 9.80 Å². The lowest BCUT2D eigenvalue weighted by atomic mass is 10.1. The zero-order chi connectivity index (χ0) is 32.7. The summed E-state index contributed by atoms with van der Waals surface area (Å²) in [6.45, 7) is 13.1. The lowest BCUT2D eigenvalue weighted by Crippen LogP contribution is -2.49. The van der Waals surface area contributed by atoms with E-state index in [1.54, 1.807) is 23.2 Å². The van der Waals surface area contributed by atoms with Crippen molar-refractivity contribution in [3.8, 4) is 11.3 Å². The van der Waals surface area contributed by atoms with Gasteiger partial charge in [-0.05, 0) is 76.4 Å². The number of hydrazine groups is 1. The Bertz CT molecular complexity index is 1460. The minimum Gasteiger partial charge on any atom is -0.444 e. The van der Waals surface area contributed by atoms with E-state index in [1.165, 1.54) is 11.1 Å². The summed E-state index contributed by atoms with van der Waals surface area (Å²) in [5.41, 5.74) is 5.19. The van der Waals surface area contributed by atoms with Crippen LogP contribution < -0.4 is 10.2 Å². The Morgan fingerprint density at radius 3 is 2.24 bits per heavy atom. The Hall–Kier alpha value is -4.44. The summed E-state index contributed by atoms with van der Waals surface area (Å²) >= 11 is 0. The number of amides is 3. The van der Waals surface area contributed by atoms with E-state index in [2.05, 4.69) is 22.4 Å². The molecule has 1 aromatic heterocycles. The number of likely N-dealkylation sites (N-methyl/N-ethyl adjacent to an activating group) is 1. The summed E-state index contributed by atoms with van der Waals surface area (Å²) in [7, 11) is 1.78. The van der Waals surface area contributed by atoms with Crippen molar-refractivity contribution < 1.29 is 19.1 Å². The van der Waals surface area contributed by atoms with E-state index in [9.17, 15) is 14.4 Å². The number of hydrogen-bond acceptors (Lipinski definition) is 7. The Balaban J connectivity index is 1.50. The van der Waals surface area contributed by atoms with Crippen LogP contribution in [0.5, 0.6) is 0 Å². The number of ether oxygens (including phenoxy) is 1. The lowest BCUT2D eigenvalue weighted by molar-refractivity contribution is -0.145. The van der Waals surface area contributed by atoms with E-state index in [-0.39, 0.29) is 37.5 Å². The second-order valence-corrected chi connectivity index (χ2v) is 12.7. The molecule has 10 nitrogen and oxygen atoms in total. The van der Waals surface area contributed by atoms with E-state index < -0.39 is 11.7 Å². The Morgan fingerprint density at radius 2 is 1.64 bits per heavy atom. The van der Waals surface area contributed by atoms with E-state index in [0.717, 1.165) is 22.5 Å². The molecule has 0 spiro atoms. The van der Waals surface area contributed by atoms with Gasteiger partial charge in [0.15, 0.2) is 0 Å². The highest BCUT2D eigenvalue weighted by atomic mass is 16.6. The molecule has 240 valence electrons. The van der Waals surface area contributed by atoms with Crippen LogP contribution in [0, 0.1) is 6.92 Å². The number of rotatable bonds is 11. The third-order valence-electron chi connectivity index (χ3n) is 7.71. The van der Waals surface area contributed by atoms with Gasteiger partial charge in [-0.1, -0.05) is 42.5 Å². The maximum absolute atomic E-state index is 13.7. The molecule has 0 aliphatic carbocycles. The molecular formula is C35H46N6O4. The summed E-state index contributed by atoms with van der Waals surface area (Å²) < 4.78 is 5.55. The molecule has 0 saturated carbocycles. The predicted molar refractivity (Wildman–Crippen MR) is 176 cm³/mol. The summed E-state index contributed by atoms with van der Waals surface area (Å²) in [6.07, 6.45) is 1.32. The highest BCUT2D eigenvalue weighted by molar-refractivity contribution is 5.87. The topological polar surface area (TPSA) is 98.3 Å². The number of pyridine rings is 1. The van der Waals surface area contributed by atoms with Gasteiger partial charge >= 0.3 is 6.09 Å². The Kier molecular flexibility index (Phi) is 10.8. The molecule has 2 aromatic carbocycles. The molecule has 0 unspecified atom stereocenters. The van der Waals surface area contributed by atoms with E-state index in [1.807, 2.05) is 100.0 Å². The molecule has 0 atom stereocenters. The predicted octanol–water partition coefficient (Wildman–Crippen LogP) is 5.01. The fourth-order valence-corrected chi connectivity index (χ4v) is 5.25. The van der Waals surface area contributed by atoms with Crippen molar-refractivity contribution in [2.24, 2.45) is 0 Å². The number of hydrogen-bond donors (Lipinski definition) is 1. The number of carbonyl (C=O) groups excluding carboxylic acids is 3. The van der Waals surface area contributed by atoms with Crippen molar-refractivity contribution in [2.75, 3.05) is 38.1 Å². The van der Waals surface area contributed by atoms with Crippen molar-refractivity contribution in [3.05, 3.63) is 83.6 Å². The van der Waals surface area contributed by atoms with Gasteiger partial charge in [0.2, 0.25) is 5.91 Å². The number of nitrogens with zero attached hydrogens (tertiary/aromatic N) is 5. The molecule has 0 saturated heterocycles. The molecule has 1 aliphatic heterocycles. The first-order valence-corrected chi connectivity index (χ1v) is 15.4. The van der Waals surface area contributed by atoms with Gasteiger partial charge in [-0.2, -0.15) is 0 Å². The minimum absolute atomic E-state index is 0.000690. The third-order valence-corrected chi connectivity index (χ3v) is 7.71. The van der Waals surface area contributed by atoms with Crippen LogP contribution >= 0.6 is 0 Å². The number of fused-ring (bicyclic) bond motifs is 1. The van der Waals surface area contributed by atoms with E-state index in [4.69, 9.17) is 4.74 Å². The first-order chi connectivity index (χ1) is 21.3. The van der Waals surface area contributed by atoms with E-state index >= 15 is 0 Å². The Labute approximate surface area is 266 Å². The van der Waals surface area contributed by atoms with Gasteiger partial charge in [0.1, 0.15) is 5.60 Å². The van der Waals surface area contributed by atoms with Gasteiger partial charge in [0.05, 0.1) is 18.8 Å².